The topological polar surface area (TPSA) is 106 Å². The van der Waals surface area contributed by atoms with E-state index in [1.54, 1.807) is 18.3 Å². The number of rotatable bonds is 8. The van der Waals surface area contributed by atoms with Crippen LogP contribution < -0.4 is 15.5 Å². The van der Waals surface area contributed by atoms with E-state index in [4.69, 9.17) is 26.1 Å². The van der Waals surface area contributed by atoms with E-state index < -0.39 is 5.97 Å². The molecule has 0 bridgehead atoms. The number of aryl methyl sites for hydroxylation is 1. The fourth-order valence-corrected chi connectivity index (χ4v) is 5.08. The van der Waals surface area contributed by atoms with Gasteiger partial charge in [0.05, 0.1) is 24.4 Å². The van der Waals surface area contributed by atoms with Gasteiger partial charge >= 0.3 is 5.97 Å². The van der Waals surface area contributed by atoms with Gasteiger partial charge in [-0.1, -0.05) is 18.2 Å². The Bertz CT molecular complexity index is 1540. The summed E-state index contributed by atoms with van der Waals surface area (Å²) in [5.41, 5.74) is 4.50. The summed E-state index contributed by atoms with van der Waals surface area (Å²) in [7, 11) is 2.83. The van der Waals surface area contributed by atoms with Crippen molar-refractivity contribution in [1.82, 2.24) is 10.3 Å². The number of ether oxygens (including phenoxy) is 2. The van der Waals surface area contributed by atoms with E-state index in [0.29, 0.717) is 27.9 Å². The maximum absolute atomic E-state index is 12.1. The number of methoxy groups -OCH3 is 2. The van der Waals surface area contributed by atoms with Gasteiger partial charge in [0.25, 0.3) is 0 Å². The average molecular weight is 557 g/mol. The Kier molecular flexibility index (Phi) is 7.90. The summed E-state index contributed by atoms with van der Waals surface area (Å²) in [6.45, 7) is 1.90. The minimum Gasteiger partial charge on any atom is -0.465 e. The van der Waals surface area contributed by atoms with Gasteiger partial charge in [0.1, 0.15) is 24.2 Å². The molecule has 0 spiro atoms. The second kappa shape index (κ2) is 11.7. The van der Waals surface area contributed by atoms with E-state index in [1.807, 2.05) is 72.5 Å². The molecule has 2 aromatic carbocycles. The highest BCUT2D eigenvalue weighted by atomic mass is 32.1. The molecular formula is C30H28N4O5S. The van der Waals surface area contributed by atoms with Crippen molar-refractivity contribution in [2.45, 2.75) is 19.0 Å². The average Bonchev–Trinajstić information content (AvgIpc) is 3.59. The fourth-order valence-electron chi connectivity index (χ4n) is 4.73. The number of nitrogens with zero attached hydrogens (tertiary/aromatic N) is 2. The third-order valence-corrected chi connectivity index (χ3v) is 6.96. The predicted octanol–water partition coefficient (Wildman–Crippen LogP) is 5.20. The van der Waals surface area contributed by atoms with Gasteiger partial charge < -0.3 is 29.4 Å². The highest BCUT2D eigenvalue weighted by molar-refractivity contribution is 7.80. The number of anilines is 2. The first-order valence-electron chi connectivity index (χ1n) is 12.6. The Morgan fingerprint density at radius 1 is 1.07 bits per heavy atom. The van der Waals surface area contributed by atoms with E-state index in [-0.39, 0.29) is 24.6 Å². The van der Waals surface area contributed by atoms with E-state index in [2.05, 4.69) is 15.6 Å². The van der Waals surface area contributed by atoms with Gasteiger partial charge in [0.2, 0.25) is 5.91 Å². The normalized spacial score (nSPS) is 16.5. The number of furan rings is 1. The maximum atomic E-state index is 12.1. The van der Waals surface area contributed by atoms with Crippen LogP contribution in [-0.2, 0) is 14.3 Å². The molecule has 2 atom stereocenters. The third-order valence-electron chi connectivity index (χ3n) is 6.64. The number of benzene rings is 2. The lowest BCUT2D eigenvalue weighted by atomic mass is 10.0. The Labute approximate surface area is 237 Å². The molecule has 2 N–H and O–H groups in total. The van der Waals surface area contributed by atoms with Crippen LogP contribution in [0.4, 0.5) is 11.4 Å². The van der Waals surface area contributed by atoms with Crippen LogP contribution in [0, 0.1) is 6.92 Å². The number of esters is 1. The quantitative estimate of drug-likeness (QED) is 0.224. The number of carbonyl (C=O) groups excluding carboxylic acids is 2. The van der Waals surface area contributed by atoms with Crippen LogP contribution >= 0.6 is 12.2 Å². The van der Waals surface area contributed by atoms with Crippen molar-refractivity contribution >= 4 is 40.6 Å². The largest absolute Gasteiger partial charge is 0.465 e. The van der Waals surface area contributed by atoms with E-state index in [0.717, 1.165) is 22.5 Å². The van der Waals surface area contributed by atoms with Gasteiger partial charge in [-0.15, -0.1) is 0 Å². The Morgan fingerprint density at radius 2 is 1.88 bits per heavy atom. The zero-order chi connectivity index (χ0) is 28.2. The van der Waals surface area contributed by atoms with Gasteiger partial charge in [-0.25, -0.2) is 4.79 Å². The minimum atomic E-state index is -0.398. The van der Waals surface area contributed by atoms with Crippen LogP contribution in [0.2, 0.25) is 0 Å². The van der Waals surface area contributed by atoms with Crippen molar-refractivity contribution in [2.24, 2.45) is 0 Å². The first kappa shape index (κ1) is 27.0. The number of nitrogens with one attached hydrogen (secondary N) is 2. The maximum Gasteiger partial charge on any atom is 0.337 e. The number of hydrogen-bond acceptors (Lipinski definition) is 7. The Balaban J connectivity index is 1.51. The summed E-state index contributed by atoms with van der Waals surface area (Å²) in [5.74, 6) is 0.708. The zero-order valence-electron chi connectivity index (χ0n) is 22.2. The lowest BCUT2D eigenvalue weighted by molar-refractivity contribution is -0.119. The molecule has 9 nitrogen and oxygen atoms in total. The molecule has 1 amide bonds. The molecule has 4 aromatic rings. The highest BCUT2D eigenvalue weighted by Gasteiger charge is 2.42. The highest BCUT2D eigenvalue weighted by Crippen LogP contribution is 2.43. The van der Waals surface area contributed by atoms with Crippen LogP contribution in [-0.4, -0.2) is 42.8 Å². The molecule has 1 aliphatic heterocycles. The molecule has 0 radical (unpaired) electrons. The molecular weight excluding hydrogens is 528 g/mol. The van der Waals surface area contributed by atoms with Gasteiger partial charge in [-0.2, -0.15) is 0 Å². The fraction of sp³-hybridized carbons (Fsp3) is 0.200. The number of pyridine rings is 1. The monoisotopic (exact) mass is 556 g/mol. The first-order valence-corrected chi connectivity index (χ1v) is 13.0. The molecule has 10 heteroatoms. The van der Waals surface area contributed by atoms with Gasteiger partial charge in [0, 0.05) is 30.2 Å². The number of carbonyl (C=O) groups is 2. The molecule has 0 unspecified atom stereocenters. The van der Waals surface area contributed by atoms with E-state index in [1.165, 1.54) is 14.2 Å². The van der Waals surface area contributed by atoms with Gasteiger partial charge in [-0.05, 0) is 79.3 Å². The summed E-state index contributed by atoms with van der Waals surface area (Å²) >= 11 is 5.82. The Hall–Kier alpha value is -4.54. The summed E-state index contributed by atoms with van der Waals surface area (Å²) in [5, 5.41) is 6.81. The number of thiocarbonyl (C=S) groups is 1. The molecule has 1 saturated heterocycles. The predicted molar refractivity (Wildman–Crippen MR) is 155 cm³/mol. The Morgan fingerprint density at radius 3 is 2.55 bits per heavy atom. The van der Waals surface area contributed by atoms with Crippen LogP contribution in [0.15, 0.2) is 83.4 Å². The molecule has 0 aliphatic carbocycles. The van der Waals surface area contributed by atoms with Crippen molar-refractivity contribution in [2.75, 3.05) is 31.0 Å². The summed E-state index contributed by atoms with van der Waals surface area (Å²) in [4.78, 5) is 30.5. The van der Waals surface area contributed by atoms with Crippen molar-refractivity contribution in [3.05, 3.63) is 102 Å². The molecule has 2 aromatic heterocycles. The summed E-state index contributed by atoms with van der Waals surface area (Å²) in [6.07, 6.45) is 1.75. The van der Waals surface area contributed by atoms with E-state index >= 15 is 0 Å². The molecule has 1 fully saturated rings. The standard InChI is InChI=1S/C30H28N4O5S/c1-18-16-21(11-12-22(18)32-26(35)17-37-2)34-28(27(33-30(34)40)23-6-4-5-15-31-23)25-14-13-24(39-25)19-7-9-20(10-8-19)29(36)38-3/h4-16,27-28H,17H2,1-3H3,(H,32,35)(H,33,40)/t27-,28-/m0/s1. The number of amides is 1. The lowest BCUT2D eigenvalue weighted by Crippen LogP contribution is -2.29. The molecule has 0 saturated carbocycles. The first-order chi connectivity index (χ1) is 19.4. The smallest absolute Gasteiger partial charge is 0.337 e. The van der Waals surface area contributed by atoms with Gasteiger partial charge in [-0.3, -0.25) is 9.78 Å². The SMILES string of the molecule is COCC(=O)Nc1ccc(N2C(=S)N[C@@H](c3ccccn3)[C@@H]2c2ccc(-c3ccc(C(=O)OC)cc3)o2)cc1C. The van der Waals surface area contributed by atoms with E-state index in [9.17, 15) is 9.59 Å². The lowest BCUT2D eigenvalue weighted by Gasteiger charge is -2.26. The zero-order valence-corrected chi connectivity index (χ0v) is 23.0. The summed E-state index contributed by atoms with van der Waals surface area (Å²) < 4.78 is 16.1. The van der Waals surface area contributed by atoms with Crippen molar-refractivity contribution in [3.63, 3.8) is 0 Å². The molecule has 40 heavy (non-hydrogen) atoms. The minimum absolute atomic E-state index is 0.0264. The third kappa shape index (κ3) is 5.45. The summed E-state index contributed by atoms with van der Waals surface area (Å²) in [6, 6.07) is 21.7. The number of aromatic nitrogens is 1. The van der Waals surface area contributed by atoms with Gasteiger partial charge in [0.15, 0.2) is 5.11 Å². The van der Waals surface area contributed by atoms with Crippen molar-refractivity contribution in [1.29, 1.82) is 0 Å². The van der Waals surface area contributed by atoms with Crippen LogP contribution in [0.5, 0.6) is 0 Å². The number of hydrogen-bond donors (Lipinski definition) is 2. The van der Waals surface area contributed by atoms with Crippen molar-refractivity contribution < 1.29 is 23.5 Å². The van der Waals surface area contributed by atoms with Crippen LogP contribution in [0.25, 0.3) is 11.3 Å². The van der Waals surface area contributed by atoms with Crippen LogP contribution in [0.3, 0.4) is 0 Å². The molecule has 3 heterocycles. The molecule has 5 rings (SSSR count). The second-order valence-corrected chi connectivity index (χ2v) is 9.63. The second-order valence-electron chi connectivity index (χ2n) is 9.25. The molecule has 204 valence electrons. The van der Waals surface area contributed by atoms with Crippen molar-refractivity contribution in [3.8, 4) is 11.3 Å². The molecule has 1 aliphatic rings. The van der Waals surface area contributed by atoms with Crippen LogP contribution in [0.1, 0.15) is 39.5 Å².